The van der Waals surface area contributed by atoms with Gasteiger partial charge in [-0.3, -0.25) is 0 Å². The van der Waals surface area contributed by atoms with Gasteiger partial charge in [0.1, 0.15) is 11.3 Å². The van der Waals surface area contributed by atoms with Crippen LogP contribution in [0.25, 0.3) is 11.0 Å². The SMILES string of the molecule is Cc1nc2c(F)cc(C(C)C)cc2n1C1CC1. The Morgan fingerprint density at radius 3 is 2.65 bits per heavy atom. The highest BCUT2D eigenvalue weighted by molar-refractivity contribution is 5.78. The average Bonchev–Trinajstić information content (AvgIpc) is 3.02. The second kappa shape index (κ2) is 3.56. The Morgan fingerprint density at radius 2 is 2.06 bits per heavy atom. The molecule has 0 radical (unpaired) electrons. The topological polar surface area (TPSA) is 17.8 Å². The molecule has 0 atom stereocenters. The Morgan fingerprint density at radius 1 is 1.35 bits per heavy atom. The molecule has 2 nitrogen and oxygen atoms in total. The van der Waals surface area contributed by atoms with E-state index in [1.807, 2.05) is 6.92 Å². The molecule has 0 unspecified atom stereocenters. The minimum Gasteiger partial charge on any atom is -0.325 e. The van der Waals surface area contributed by atoms with Crippen LogP contribution in [-0.4, -0.2) is 9.55 Å². The van der Waals surface area contributed by atoms with Gasteiger partial charge in [-0.2, -0.15) is 0 Å². The van der Waals surface area contributed by atoms with Crippen molar-refractivity contribution in [3.05, 3.63) is 29.3 Å². The fourth-order valence-corrected chi connectivity index (χ4v) is 2.42. The van der Waals surface area contributed by atoms with Gasteiger partial charge in [0.05, 0.1) is 5.52 Å². The van der Waals surface area contributed by atoms with Crippen LogP contribution < -0.4 is 0 Å². The van der Waals surface area contributed by atoms with Crippen LogP contribution in [-0.2, 0) is 0 Å². The van der Waals surface area contributed by atoms with Crippen LogP contribution in [0.1, 0.15) is 50.0 Å². The number of nitrogens with zero attached hydrogens (tertiary/aromatic N) is 2. The van der Waals surface area contributed by atoms with Crippen LogP contribution >= 0.6 is 0 Å². The van der Waals surface area contributed by atoms with E-state index in [0.717, 1.165) is 16.9 Å². The first-order valence-electron chi connectivity index (χ1n) is 6.26. The summed E-state index contributed by atoms with van der Waals surface area (Å²) in [5, 5.41) is 0. The van der Waals surface area contributed by atoms with Crippen LogP contribution in [0.5, 0.6) is 0 Å². The zero-order valence-electron chi connectivity index (χ0n) is 10.5. The molecular weight excluding hydrogens is 215 g/mol. The third kappa shape index (κ3) is 1.65. The average molecular weight is 232 g/mol. The Kier molecular flexibility index (Phi) is 2.25. The van der Waals surface area contributed by atoms with Gasteiger partial charge < -0.3 is 4.57 Å². The van der Waals surface area contributed by atoms with E-state index in [2.05, 4.69) is 29.5 Å². The quantitative estimate of drug-likeness (QED) is 0.766. The fourth-order valence-electron chi connectivity index (χ4n) is 2.42. The Labute approximate surface area is 100 Å². The Bertz CT molecular complexity index is 579. The van der Waals surface area contributed by atoms with E-state index < -0.39 is 0 Å². The van der Waals surface area contributed by atoms with E-state index in [1.54, 1.807) is 6.07 Å². The number of rotatable bonds is 2. The highest BCUT2D eigenvalue weighted by Crippen LogP contribution is 2.39. The summed E-state index contributed by atoms with van der Waals surface area (Å²) in [6.45, 7) is 6.14. The van der Waals surface area contributed by atoms with Gasteiger partial charge in [-0.05, 0) is 43.4 Å². The van der Waals surface area contributed by atoms with E-state index in [0.29, 0.717) is 17.5 Å². The van der Waals surface area contributed by atoms with Gasteiger partial charge >= 0.3 is 0 Å². The molecule has 3 rings (SSSR count). The number of benzene rings is 1. The molecule has 2 aromatic rings. The molecule has 0 N–H and O–H groups in total. The molecule has 1 fully saturated rings. The van der Waals surface area contributed by atoms with Crippen molar-refractivity contribution in [3.8, 4) is 0 Å². The first kappa shape index (κ1) is 10.8. The van der Waals surface area contributed by atoms with E-state index in [-0.39, 0.29) is 5.82 Å². The molecule has 1 aliphatic carbocycles. The molecule has 3 heteroatoms. The maximum absolute atomic E-state index is 14.0. The number of hydrogen-bond donors (Lipinski definition) is 0. The van der Waals surface area contributed by atoms with Crippen LogP contribution in [0.2, 0.25) is 0 Å². The molecule has 1 heterocycles. The Hall–Kier alpha value is -1.38. The third-order valence-corrected chi connectivity index (χ3v) is 3.53. The molecule has 1 saturated carbocycles. The Balaban J connectivity index is 2.29. The molecular formula is C14H17FN2. The molecule has 1 aromatic heterocycles. The molecule has 1 aromatic carbocycles. The van der Waals surface area contributed by atoms with Crippen LogP contribution in [0.15, 0.2) is 12.1 Å². The summed E-state index contributed by atoms with van der Waals surface area (Å²) < 4.78 is 16.2. The largest absolute Gasteiger partial charge is 0.325 e. The van der Waals surface area contributed by atoms with Crippen molar-refractivity contribution in [1.29, 1.82) is 0 Å². The van der Waals surface area contributed by atoms with E-state index in [1.165, 1.54) is 12.8 Å². The summed E-state index contributed by atoms with van der Waals surface area (Å²) in [5.74, 6) is 1.09. The van der Waals surface area contributed by atoms with Crippen LogP contribution in [0, 0.1) is 12.7 Å². The monoisotopic (exact) mass is 232 g/mol. The van der Waals surface area contributed by atoms with Crippen LogP contribution in [0.3, 0.4) is 0 Å². The smallest absolute Gasteiger partial charge is 0.151 e. The highest BCUT2D eigenvalue weighted by atomic mass is 19.1. The standard InChI is InChI=1S/C14H17FN2/c1-8(2)10-6-12(15)14-13(7-10)17(9(3)16-14)11-4-5-11/h6-8,11H,4-5H2,1-3H3. The van der Waals surface area contributed by atoms with Crippen molar-refractivity contribution in [2.75, 3.05) is 0 Å². The summed E-state index contributed by atoms with van der Waals surface area (Å²) in [6.07, 6.45) is 2.39. The van der Waals surface area contributed by atoms with Crippen molar-refractivity contribution in [2.24, 2.45) is 0 Å². The van der Waals surface area contributed by atoms with Gasteiger partial charge in [0, 0.05) is 6.04 Å². The lowest BCUT2D eigenvalue weighted by Crippen LogP contribution is -1.97. The second-order valence-electron chi connectivity index (χ2n) is 5.29. The number of imidazole rings is 1. The predicted octanol–water partition coefficient (Wildman–Crippen LogP) is 3.94. The normalized spacial score (nSPS) is 16.1. The first-order chi connectivity index (χ1) is 8.08. The predicted molar refractivity (Wildman–Crippen MR) is 66.8 cm³/mol. The van der Waals surface area contributed by atoms with Crippen molar-refractivity contribution in [3.63, 3.8) is 0 Å². The molecule has 0 bridgehead atoms. The lowest BCUT2D eigenvalue weighted by atomic mass is 10.0. The number of aryl methyl sites for hydroxylation is 1. The maximum Gasteiger partial charge on any atom is 0.151 e. The summed E-state index contributed by atoms with van der Waals surface area (Å²) in [4.78, 5) is 4.36. The van der Waals surface area contributed by atoms with Crippen molar-refractivity contribution >= 4 is 11.0 Å². The minimum atomic E-state index is -0.186. The highest BCUT2D eigenvalue weighted by Gasteiger charge is 2.28. The van der Waals surface area contributed by atoms with Gasteiger partial charge in [-0.25, -0.2) is 9.37 Å². The maximum atomic E-state index is 14.0. The molecule has 0 spiro atoms. The third-order valence-electron chi connectivity index (χ3n) is 3.53. The van der Waals surface area contributed by atoms with E-state index in [4.69, 9.17) is 0 Å². The summed E-state index contributed by atoms with van der Waals surface area (Å²) in [7, 11) is 0. The van der Waals surface area contributed by atoms with E-state index in [9.17, 15) is 4.39 Å². The molecule has 17 heavy (non-hydrogen) atoms. The molecule has 1 aliphatic rings. The minimum absolute atomic E-state index is 0.186. The van der Waals surface area contributed by atoms with Gasteiger partial charge in [0.25, 0.3) is 0 Å². The molecule has 0 aliphatic heterocycles. The zero-order chi connectivity index (χ0) is 12.2. The number of halogens is 1. The summed E-state index contributed by atoms with van der Waals surface area (Å²) >= 11 is 0. The van der Waals surface area contributed by atoms with Gasteiger partial charge in [0.15, 0.2) is 5.82 Å². The second-order valence-corrected chi connectivity index (χ2v) is 5.29. The van der Waals surface area contributed by atoms with Gasteiger partial charge in [-0.1, -0.05) is 13.8 Å². The fraction of sp³-hybridized carbons (Fsp3) is 0.500. The number of aromatic nitrogens is 2. The lowest BCUT2D eigenvalue weighted by molar-refractivity contribution is 0.632. The van der Waals surface area contributed by atoms with E-state index >= 15 is 0 Å². The molecule has 0 saturated heterocycles. The van der Waals surface area contributed by atoms with Gasteiger partial charge in [0.2, 0.25) is 0 Å². The van der Waals surface area contributed by atoms with Crippen molar-refractivity contribution in [2.45, 2.75) is 45.6 Å². The number of hydrogen-bond acceptors (Lipinski definition) is 1. The van der Waals surface area contributed by atoms with Crippen LogP contribution in [0.4, 0.5) is 4.39 Å². The summed E-state index contributed by atoms with van der Waals surface area (Å²) in [5.41, 5.74) is 2.55. The van der Waals surface area contributed by atoms with Crippen molar-refractivity contribution < 1.29 is 4.39 Å². The first-order valence-corrected chi connectivity index (χ1v) is 6.26. The summed E-state index contributed by atoms with van der Waals surface area (Å²) in [6, 6.07) is 4.26. The lowest BCUT2D eigenvalue weighted by Gasteiger charge is -2.08. The van der Waals surface area contributed by atoms with Crippen molar-refractivity contribution in [1.82, 2.24) is 9.55 Å². The number of fused-ring (bicyclic) bond motifs is 1. The molecule has 90 valence electrons. The molecule has 0 amide bonds. The van der Waals surface area contributed by atoms with Gasteiger partial charge in [-0.15, -0.1) is 0 Å². The zero-order valence-corrected chi connectivity index (χ0v) is 10.5.